The van der Waals surface area contributed by atoms with Gasteiger partial charge in [0, 0.05) is 44.2 Å². The molecule has 196 valence electrons. The number of piperidine rings is 2. The normalized spacial score (nSPS) is 21.8. The molecule has 0 saturated carbocycles. The molecule has 2 aliphatic heterocycles. The van der Waals surface area contributed by atoms with Crippen LogP contribution in [-0.4, -0.2) is 78.7 Å². The molecule has 0 spiro atoms. The summed E-state index contributed by atoms with van der Waals surface area (Å²) in [6.45, 7) is 3.84. The number of hydrogen-bond acceptors (Lipinski definition) is 7. The number of carbonyl (C=O) groups is 2. The van der Waals surface area contributed by atoms with Crippen molar-refractivity contribution in [3.8, 4) is 5.75 Å². The van der Waals surface area contributed by atoms with E-state index >= 15 is 0 Å². The predicted molar refractivity (Wildman–Crippen MR) is 138 cm³/mol. The summed E-state index contributed by atoms with van der Waals surface area (Å²) in [7, 11) is 3.06. The number of methoxy groups -OCH3 is 2. The Bertz CT molecular complexity index is 1040. The van der Waals surface area contributed by atoms with Crippen molar-refractivity contribution in [3.63, 3.8) is 0 Å². The van der Waals surface area contributed by atoms with Gasteiger partial charge in [0.2, 0.25) is 5.91 Å². The quantitative estimate of drug-likeness (QED) is 0.530. The van der Waals surface area contributed by atoms with Gasteiger partial charge in [-0.1, -0.05) is 0 Å². The van der Waals surface area contributed by atoms with Crippen molar-refractivity contribution in [2.75, 3.05) is 46.9 Å². The number of hydrogen-bond donors (Lipinski definition) is 1. The average Bonchev–Trinajstić information content (AvgIpc) is 2.94. The van der Waals surface area contributed by atoms with E-state index in [1.54, 1.807) is 13.3 Å². The summed E-state index contributed by atoms with van der Waals surface area (Å²) in [5.74, 6) is 0.608. The van der Waals surface area contributed by atoms with Crippen LogP contribution in [0.1, 0.15) is 56.6 Å². The summed E-state index contributed by atoms with van der Waals surface area (Å²) in [6.07, 6.45) is 7.04. The summed E-state index contributed by atoms with van der Waals surface area (Å²) in [4.78, 5) is 33.9. The molecule has 4 rings (SSSR count). The van der Waals surface area contributed by atoms with Crippen LogP contribution in [0.4, 0.5) is 0 Å². The molecule has 0 radical (unpaired) electrons. The Morgan fingerprint density at radius 1 is 1.14 bits per heavy atom. The molecule has 8 heteroatoms. The lowest BCUT2D eigenvalue weighted by molar-refractivity contribution is -0.150. The molecule has 0 bridgehead atoms. The number of aliphatic hydroxyl groups excluding tert-OH is 1. The molecule has 8 nitrogen and oxygen atoms in total. The summed E-state index contributed by atoms with van der Waals surface area (Å²) in [5, 5.41) is 12.0. The largest absolute Gasteiger partial charge is 0.497 e. The molecule has 2 fully saturated rings. The lowest BCUT2D eigenvalue weighted by Gasteiger charge is -2.37. The second kappa shape index (κ2) is 12.5. The third-order valence-electron chi connectivity index (χ3n) is 7.85. The molecule has 2 aromatic rings. The number of nitrogens with zero attached hydrogens (tertiary/aromatic N) is 3. The van der Waals surface area contributed by atoms with Gasteiger partial charge in [-0.15, -0.1) is 0 Å². The van der Waals surface area contributed by atoms with E-state index in [9.17, 15) is 14.7 Å². The summed E-state index contributed by atoms with van der Waals surface area (Å²) < 4.78 is 10.5. The molecule has 1 aromatic carbocycles. The number of likely N-dealkylation sites (tertiary alicyclic amines) is 2. The Balaban J connectivity index is 1.35. The molecular weight excluding hydrogens is 458 g/mol. The Hall–Kier alpha value is -2.71. The van der Waals surface area contributed by atoms with Gasteiger partial charge in [-0.2, -0.15) is 0 Å². The second-order valence-corrected chi connectivity index (χ2v) is 10.0. The summed E-state index contributed by atoms with van der Waals surface area (Å²) in [6, 6.07) is 7.51. The van der Waals surface area contributed by atoms with Crippen LogP contribution < -0.4 is 4.74 Å². The van der Waals surface area contributed by atoms with E-state index in [0.717, 1.165) is 67.5 Å². The number of ether oxygens (including phenoxy) is 2. The van der Waals surface area contributed by atoms with Crippen LogP contribution >= 0.6 is 0 Å². The van der Waals surface area contributed by atoms with Gasteiger partial charge in [-0.25, -0.2) is 0 Å². The molecule has 3 atom stereocenters. The monoisotopic (exact) mass is 497 g/mol. The van der Waals surface area contributed by atoms with Gasteiger partial charge < -0.3 is 24.4 Å². The maximum absolute atomic E-state index is 12.7. The molecule has 1 N–H and O–H groups in total. The Morgan fingerprint density at radius 2 is 1.94 bits per heavy atom. The number of pyridine rings is 1. The van der Waals surface area contributed by atoms with E-state index in [4.69, 9.17) is 9.47 Å². The van der Waals surface area contributed by atoms with Gasteiger partial charge in [-0.05, 0) is 80.8 Å². The molecule has 1 aromatic heterocycles. The zero-order chi connectivity index (χ0) is 25.5. The first kappa shape index (κ1) is 26.4. The highest BCUT2D eigenvalue weighted by molar-refractivity contribution is 5.83. The van der Waals surface area contributed by atoms with Crippen LogP contribution in [0.2, 0.25) is 0 Å². The fourth-order valence-electron chi connectivity index (χ4n) is 5.68. The molecule has 36 heavy (non-hydrogen) atoms. The fraction of sp³-hybridized carbons (Fsp3) is 0.607. The lowest BCUT2D eigenvalue weighted by Crippen LogP contribution is -2.46. The van der Waals surface area contributed by atoms with Crippen LogP contribution in [0.3, 0.4) is 0 Å². The minimum Gasteiger partial charge on any atom is -0.497 e. The van der Waals surface area contributed by atoms with Gasteiger partial charge in [0.05, 0.1) is 31.8 Å². The van der Waals surface area contributed by atoms with Crippen LogP contribution in [0, 0.1) is 11.8 Å². The summed E-state index contributed by atoms with van der Waals surface area (Å²) >= 11 is 0. The van der Waals surface area contributed by atoms with E-state index in [0.29, 0.717) is 25.9 Å². The van der Waals surface area contributed by atoms with Crippen molar-refractivity contribution in [1.29, 1.82) is 0 Å². The van der Waals surface area contributed by atoms with Gasteiger partial charge >= 0.3 is 5.97 Å². The van der Waals surface area contributed by atoms with Crippen LogP contribution in [0.5, 0.6) is 5.75 Å². The molecule has 1 amide bonds. The van der Waals surface area contributed by atoms with E-state index < -0.39 is 6.10 Å². The second-order valence-electron chi connectivity index (χ2n) is 10.0. The zero-order valence-corrected chi connectivity index (χ0v) is 21.5. The number of amides is 1. The molecule has 3 heterocycles. The highest BCUT2D eigenvalue weighted by Gasteiger charge is 2.35. The Labute approximate surface area is 213 Å². The predicted octanol–water partition coefficient (Wildman–Crippen LogP) is 3.57. The number of rotatable bonds is 9. The van der Waals surface area contributed by atoms with Crippen molar-refractivity contribution in [3.05, 3.63) is 36.0 Å². The van der Waals surface area contributed by atoms with E-state index in [2.05, 4.69) is 9.88 Å². The van der Waals surface area contributed by atoms with Crippen molar-refractivity contribution in [2.24, 2.45) is 11.8 Å². The molecule has 2 aliphatic rings. The smallest absolute Gasteiger partial charge is 0.310 e. The van der Waals surface area contributed by atoms with Crippen LogP contribution in [0.25, 0.3) is 10.9 Å². The summed E-state index contributed by atoms with van der Waals surface area (Å²) in [5.41, 5.74) is 1.63. The van der Waals surface area contributed by atoms with Gasteiger partial charge in [0.15, 0.2) is 0 Å². The molecular formula is C28H39N3O5. The first-order valence-corrected chi connectivity index (χ1v) is 13.2. The van der Waals surface area contributed by atoms with Crippen molar-refractivity contribution in [1.82, 2.24) is 14.8 Å². The van der Waals surface area contributed by atoms with E-state index in [1.807, 2.05) is 29.2 Å². The third kappa shape index (κ3) is 6.34. The molecule has 2 saturated heterocycles. The first-order valence-electron chi connectivity index (χ1n) is 13.2. The maximum atomic E-state index is 12.7. The number of esters is 1. The minimum absolute atomic E-state index is 0.129. The van der Waals surface area contributed by atoms with Gasteiger partial charge in [0.1, 0.15) is 5.75 Å². The highest BCUT2D eigenvalue weighted by atomic mass is 16.5. The number of aromatic nitrogens is 1. The fourth-order valence-corrected chi connectivity index (χ4v) is 5.68. The number of fused-ring (bicyclic) bond motifs is 1. The van der Waals surface area contributed by atoms with Crippen molar-refractivity contribution >= 4 is 22.8 Å². The zero-order valence-electron chi connectivity index (χ0n) is 21.5. The van der Waals surface area contributed by atoms with Crippen molar-refractivity contribution in [2.45, 2.75) is 51.0 Å². The third-order valence-corrected chi connectivity index (χ3v) is 7.85. The van der Waals surface area contributed by atoms with Crippen molar-refractivity contribution < 1.29 is 24.2 Å². The van der Waals surface area contributed by atoms with E-state index in [1.165, 1.54) is 13.5 Å². The van der Waals surface area contributed by atoms with Crippen LogP contribution in [0.15, 0.2) is 30.5 Å². The topological polar surface area (TPSA) is 92.2 Å². The number of carbonyl (C=O) groups excluding carboxylic acids is 2. The van der Waals surface area contributed by atoms with Gasteiger partial charge in [-0.3, -0.25) is 14.6 Å². The standard InChI is InChI=1S/C28H39N3O5/c1-35-21-7-8-25-23(18-21)22(10-13-29-25)26(32)9-6-20-11-16-30(19-24(20)28(34)36-2)17-12-27(33)31-14-4-3-5-15-31/h7-8,10,13,18,20,24,26,32H,3-6,9,11-12,14-17,19H2,1-2H3/t20-,24+,26?/m1/s1. The maximum Gasteiger partial charge on any atom is 0.310 e. The number of aliphatic hydroxyl groups is 1. The first-order chi connectivity index (χ1) is 17.5. The number of benzene rings is 1. The Morgan fingerprint density at radius 3 is 2.69 bits per heavy atom. The molecule has 1 unspecified atom stereocenters. The highest BCUT2D eigenvalue weighted by Crippen LogP contribution is 2.34. The Kier molecular flexibility index (Phi) is 9.15. The average molecular weight is 498 g/mol. The SMILES string of the molecule is COC(=O)[C@H]1CN(CCC(=O)N2CCCCC2)CC[C@H]1CCC(O)c1ccnc2ccc(OC)cc12. The molecule has 0 aliphatic carbocycles. The lowest BCUT2D eigenvalue weighted by atomic mass is 9.81. The van der Waals surface area contributed by atoms with Gasteiger partial charge in [0.25, 0.3) is 0 Å². The minimum atomic E-state index is -0.666. The van der Waals surface area contributed by atoms with Crippen LogP contribution in [-0.2, 0) is 14.3 Å². The van der Waals surface area contributed by atoms with E-state index in [-0.39, 0.29) is 23.7 Å².